The monoisotopic (exact) mass is 627 g/mol. The highest BCUT2D eigenvalue weighted by atomic mass is 31.0. The summed E-state index contributed by atoms with van der Waals surface area (Å²) >= 11 is 0. The molecular weight excluding hydrogens is 565 g/mol. The Balaban J connectivity index is 3.68. The number of carbonyl (C=O) groups excluding carboxylic acids is 2. The number of carbonyl (C=O) groups is 3. The van der Waals surface area contributed by atoms with E-state index in [1.807, 2.05) is 0 Å². The second-order valence-electron chi connectivity index (χ2n) is 11.8. The van der Waals surface area contributed by atoms with E-state index in [-0.39, 0.29) is 30.4 Å². The topological polar surface area (TPSA) is 148 Å². The molecule has 6 N–H and O–H groups in total. The number of carboxylic acids is 1. The minimum atomic E-state index is -0.902. The van der Waals surface area contributed by atoms with Gasteiger partial charge in [-0.2, -0.15) is 0 Å². The normalized spacial score (nSPS) is 12.4. The van der Waals surface area contributed by atoms with Gasteiger partial charge in [-0.25, -0.2) is 0 Å². The number of rotatable bonds is 31. The first kappa shape index (κ1) is 40.9. The van der Waals surface area contributed by atoms with Crippen LogP contribution in [0.5, 0.6) is 0 Å². The molecule has 0 aromatic heterocycles. The third-order valence-electron chi connectivity index (χ3n) is 7.76. The van der Waals surface area contributed by atoms with Crippen LogP contribution in [-0.4, -0.2) is 51.7 Å². The highest BCUT2D eigenvalue weighted by Gasteiger charge is 2.17. The van der Waals surface area contributed by atoms with E-state index in [2.05, 4.69) is 38.3 Å². The van der Waals surface area contributed by atoms with Crippen LogP contribution in [0.4, 0.5) is 0 Å². The number of aliphatic hydroxyl groups excluding tert-OH is 2. The number of aliphatic hydroxyl groups is 2. The summed E-state index contributed by atoms with van der Waals surface area (Å²) in [7, 11) is 2.21. The Morgan fingerprint density at radius 3 is 1.44 bits per heavy atom. The van der Waals surface area contributed by atoms with Crippen molar-refractivity contribution < 1.29 is 29.7 Å². The van der Waals surface area contributed by atoms with Crippen molar-refractivity contribution in [3.05, 3.63) is 24.7 Å². The SMILES string of the molecule is C=C(O)CCCCCCCCCCCCCCCCCCC(=O)N[C@@H](CCC(=O)NCCCCC(NP)C(=O)O)C(=C)O. The highest BCUT2D eigenvalue weighted by molar-refractivity contribution is 7.13. The quantitative estimate of drug-likeness (QED) is 0.0264. The Labute approximate surface area is 263 Å². The van der Waals surface area contributed by atoms with Crippen LogP contribution in [-0.2, 0) is 14.4 Å². The molecule has 0 rings (SSSR count). The lowest BCUT2D eigenvalue weighted by Crippen LogP contribution is -2.37. The highest BCUT2D eigenvalue weighted by Crippen LogP contribution is 2.15. The maximum Gasteiger partial charge on any atom is 0.320 e. The molecule has 3 atom stereocenters. The van der Waals surface area contributed by atoms with E-state index >= 15 is 0 Å². The van der Waals surface area contributed by atoms with E-state index in [4.69, 9.17) is 10.2 Å². The third kappa shape index (κ3) is 27.2. The summed E-state index contributed by atoms with van der Waals surface area (Å²) < 4.78 is 0. The Hall–Kier alpha value is -2.12. The molecule has 9 nitrogen and oxygen atoms in total. The predicted molar refractivity (Wildman–Crippen MR) is 179 cm³/mol. The van der Waals surface area contributed by atoms with Crippen LogP contribution in [0.2, 0.25) is 0 Å². The van der Waals surface area contributed by atoms with E-state index in [1.165, 1.54) is 77.0 Å². The zero-order valence-electron chi connectivity index (χ0n) is 26.7. The molecule has 43 heavy (non-hydrogen) atoms. The summed E-state index contributed by atoms with van der Waals surface area (Å²) in [5, 5.41) is 36.2. The summed E-state index contributed by atoms with van der Waals surface area (Å²) in [5.74, 6) is -1.05. The summed E-state index contributed by atoms with van der Waals surface area (Å²) in [5.41, 5.74) is 0. The van der Waals surface area contributed by atoms with Gasteiger partial charge in [0, 0.05) is 25.8 Å². The number of allylic oxidation sites excluding steroid dienone is 1. The van der Waals surface area contributed by atoms with Crippen molar-refractivity contribution in [3.63, 3.8) is 0 Å². The van der Waals surface area contributed by atoms with Gasteiger partial charge >= 0.3 is 5.97 Å². The van der Waals surface area contributed by atoms with Crippen LogP contribution in [0.25, 0.3) is 0 Å². The van der Waals surface area contributed by atoms with Crippen LogP contribution in [0.3, 0.4) is 0 Å². The Morgan fingerprint density at radius 1 is 0.558 bits per heavy atom. The maximum absolute atomic E-state index is 12.3. The van der Waals surface area contributed by atoms with Crippen LogP contribution in [0.15, 0.2) is 24.7 Å². The van der Waals surface area contributed by atoms with Crippen molar-refractivity contribution in [2.24, 2.45) is 0 Å². The molecule has 0 aliphatic rings. The molecule has 0 aromatic rings. The van der Waals surface area contributed by atoms with Crippen molar-refractivity contribution in [3.8, 4) is 0 Å². The van der Waals surface area contributed by atoms with Crippen molar-refractivity contribution >= 4 is 27.2 Å². The van der Waals surface area contributed by atoms with Crippen LogP contribution in [0, 0.1) is 0 Å². The van der Waals surface area contributed by atoms with Gasteiger partial charge in [-0.05, 0) is 38.5 Å². The average molecular weight is 628 g/mol. The second kappa shape index (κ2) is 28.6. The summed E-state index contributed by atoms with van der Waals surface area (Å²) in [4.78, 5) is 35.4. The number of unbranched alkanes of at least 4 members (excludes halogenated alkanes) is 16. The molecule has 0 heterocycles. The number of hydrogen-bond acceptors (Lipinski definition) is 6. The van der Waals surface area contributed by atoms with Gasteiger partial charge in [-0.1, -0.05) is 112 Å². The van der Waals surface area contributed by atoms with Crippen LogP contribution >= 0.6 is 9.39 Å². The minimum Gasteiger partial charge on any atom is -0.513 e. The molecule has 0 saturated carbocycles. The number of nitrogens with one attached hydrogen (secondary N) is 3. The number of aliphatic carboxylic acids is 1. The van der Waals surface area contributed by atoms with E-state index in [0.29, 0.717) is 38.0 Å². The van der Waals surface area contributed by atoms with Crippen LogP contribution < -0.4 is 15.7 Å². The fourth-order valence-electron chi connectivity index (χ4n) is 5.02. The molecule has 250 valence electrons. The predicted octanol–water partition coefficient (Wildman–Crippen LogP) is 7.54. The fourth-order valence-corrected chi connectivity index (χ4v) is 5.33. The molecule has 0 aliphatic heterocycles. The number of hydrogen-bond donors (Lipinski definition) is 6. The summed E-state index contributed by atoms with van der Waals surface area (Å²) in [6.07, 6.45) is 22.8. The fraction of sp³-hybridized carbons (Fsp3) is 0.788. The van der Waals surface area contributed by atoms with E-state index in [0.717, 1.165) is 32.1 Å². The summed E-state index contributed by atoms with van der Waals surface area (Å²) in [6.45, 7) is 7.52. The van der Waals surface area contributed by atoms with E-state index in [9.17, 15) is 19.5 Å². The molecule has 0 spiro atoms. The van der Waals surface area contributed by atoms with Gasteiger partial charge in [0.15, 0.2) is 0 Å². The molecule has 0 aromatic carbocycles. The lowest BCUT2D eigenvalue weighted by molar-refractivity contribution is -0.139. The minimum absolute atomic E-state index is 0.135. The smallest absolute Gasteiger partial charge is 0.320 e. The first-order valence-electron chi connectivity index (χ1n) is 16.7. The summed E-state index contributed by atoms with van der Waals surface area (Å²) in [6, 6.07) is -1.26. The van der Waals surface area contributed by atoms with Crippen molar-refractivity contribution in [2.45, 2.75) is 160 Å². The molecule has 0 radical (unpaired) electrons. The number of carboxylic acid groups (broad SMARTS) is 1. The zero-order valence-corrected chi connectivity index (χ0v) is 27.8. The lowest BCUT2D eigenvalue weighted by atomic mass is 10.0. The Kier molecular flexibility index (Phi) is 27.2. The van der Waals surface area contributed by atoms with Gasteiger partial charge in [0.25, 0.3) is 0 Å². The largest absolute Gasteiger partial charge is 0.513 e. The van der Waals surface area contributed by atoms with Gasteiger partial charge in [-0.3, -0.25) is 19.5 Å². The van der Waals surface area contributed by atoms with Gasteiger partial charge < -0.3 is 26.0 Å². The second-order valence-corrected chi connectivity index (χ2v) is 12.1. The van der Waals surface area contributed by atoms with E-state index in [1.54, 1.807) is 0 Å². The van der Waals surface area contributed by atoms with Crippen molar-refractivity contribution in [1.29, 1.82) is 0 Å². The number of amides is 2. The van der Waals surface area contributed by atoms with E-state index < -0.39 is 18.1 Å². The molecule has 0 aliphatic carbocycles. The first-order valence-corrected chi connectivity index (χ1v) is 17.2. The molecule has 0 saturated heterocycles. The van der Waals surface area contributed by atoms with Crippen LogP contribution in [0.1, 0.15) is 148 Å². The molecule has 10 heteroatoms. The lowest BCUT2D eigenvalue weighted by Gasteiger charge is -2.17. The van der Waals surface area contributed by atoms with Gasteiger partial charge in [0.1, 0.15) is 11.8 Å². The third-order valence-corrected chi connectivity index (χ3v) is 8.16. The first-order chi connectivity index (χ1) is 20.7. The average Bonchev–Trinajstić information content (AvgIpc) is 2.95. The van der Waals surface area contributed by atoms with Crippen molar-refractivity contribution in [1.82, 2.24) is 15.7 Å². The molecule has 0 fully saturated rings. The van der Waals surface area contributed by atoms with Gasteiger partial charge in [0.2, 0.25) is 11.8 Å². The maximum atomic E-state index is 12.3. The Bertz CT molecular complexity index is 780. The van der Waals surface area contributed by atoms with Gasteiger partial charge in [-0.15, -0.1) is 0 Å². The molecule has 2 amide bonds. The molecule has 2 unspecified atom stereocenters. The van der Waals surface area contributed by atoms with Gasteiger partial charge in [0.05, 0.1) is 11.8 Å². The standard InChI is InChI=1S/C33H62N3O6P/c1-27(37)21-17-15-13-11-9-7-5-3-4-6-8-10-12-14-16-18-23-32(40)35-29(28(2)38)24-25-31(39)34-26-20-19-22-30(36-43)33(41)42/h29-30,36-38H,1-26,43H2,(H,34,39)(H,35,40)(H,41,42)/t29-,30?/m0/s1. The molecular formula is C33H62N3O6P. The zero-order chi connectivity index (χ0) is 32.1. The molecule has 0 bridgehead atoms. The Morgan fingerprint density at radius 2 is 1.02 bits per heavy atom. The van der Waals surface area contributed by atoms with Crippen molar-refractivity contribution in [2.75, 3.05) is 6.54 Å².